The van der Waals surface area contributed by atoms with Crippen LogP contribution in [-0.2, 0) is 11.3 Å². The second kappa shape index (κ2) is 4.98. The summed E-state index contributed by atoms with van der Waals surface area (Å²) in [5.74, 6) is -0.211. The van der Waals surface area contributed by atoms with Crippen molar-refractivity contribution < 1.29 is 13.9 Å². The Morgan fingerprint density at radius 3 is 2.53 bits per heavy atom. The lowest BCUT2D eigenvalue weighted by molar-refractivity contribution is 0.0439. The number of furan rings is 1. The molecule has 0 amide bonds. The van der Waals surface area contributed by atoms with Gasteiger partial charge in [0.05, 0.1) is 0 Å². The summed E-state index contributed by atoms with van der Waals surface area (Å²) in [6.45, 7) is 0.247. The molecular weight excluding hydrogens is 240 g/mol. The number of hydrogen-bond donors (Lipinski definition) is 0. The van der Waals surface area contributed by atoms with E-state index in [9.17, 15) is 4.79 Å². The molecule has 1 aromatic heterocycles. The number of esters is 1. The number of benzene rings is 2. The molecule has 0 bridgehead atoms. The lowest BCUT2D eigenvalue weighted by Crippen LogP contribution is -2.03. The van der Waals surface area contributed by atoms with Gasteiger partial charge in [-0.2, -0.15) is 0 Å². The number of ether oxygens (including phenoxy) is 1. The van der Waals surface area contributed by atoms with Crippen molar-refractivity contribution >= 4 is 16.9 Å². The lowest BCUT2D eigenvalue weighted by atomic mass is 10.2. The standard InChI is InChI=1S/C16H12O3/c17-16(18-11-12-6-2-1-3-7-12)15-10-13-8-4-5-9-14(13)19-15/h1-10H,11H2. The van der Waals surface area contributed by atoms with Crippen LogP contribution < -0.4 is 0 Å². The molecule has 0 fully saturated rings. The molecule has 19 heavy (non-hydrogen) atoms. The first-order chi connectivity index (χ1) is 9.33. The zero-order chi connectivity index (χ0) is 13.1. The van der Waals surface area contributed by atoms with Gasteiger partial charge in [0.2, 0.25) is 5.76 Å². The predicted octanol–water partition coefficient (Wildman–Crippen LogP) is 3.79. The Labute approximate surface area is 110 Å². The second-order valence-corrected chi connectivity index (χ2v) is 4.21. The van der Waals surface area contributed by atoms with Crippen molar-refractivity contribution in [2.24, 2.45) is 0 Å². The zero-order valence-electron chi connectivity index (χ0n) is 10.2. The largest absolute Gasteiger partial charge is 0.455 e. The molecule has 2 aromatic carbocycles. The van der Waals surface area contributed by atoms with Gasteiger partial charge in [-0.25, -0.2) is 4.79 Å². The Morgan fingerprint density at radius 1 is 1.00 bits per heavy atom. The summed E-state index contributed by atoms with van der Waals surface area (Å²) >= 11 is 0. The van der Waals surface area contributed by atoms with Crippen LogP contribution in [0.2, 0.25) is 0 Å². The van der Waals surface area contributed by atoms with Crippen LogP contribution in [0.5, 0.6) is 0 Å². The van der Waals surface area contributed by atoms with Gasteiger partial charge in [-0.1, -0.05) is 48.5 Å². The van der Waals surface area contributed by atoms with Gasteiger partial charge in [-0.15, -0.1) is 0 Å². The fourth-order valence-electron chi connectivity index (χ4n) is 1.88. The Balaban J connectivity index is 1.73. The van der Waals surface area contributed by atoms with Gasteiger partial charge < -0.3 is 9.15 Å². The molecule has 3 aromatic rings. The number of fused-ring (bicyclic) bond motifs is 1. The van der Waals surface area contributed by atoms with Crippen LogP contribution in [0.3, 0.4) is 0 Å². The molecule has 0 radical (unpaired) electrons. The van der Waals surface area contributed by atoms with Gasteiger partial charge in [0.15, 0.2) is 0 Å². The van der Waals surface area contributed by atoms with Crippen molar-refractivity contribution in [1.82, 2.24) is 0 Å². The molecular formula is C16H12O3. The minimum atomic E-state index is -0.444. The predicted molar refractivity (Wildman–Crippen MR) is 71.8 cm³/mol. The van der Waals surface area contributed by atoms with Crippen LogP contribution in [0, 0.1) is 0 Å². The Hall–Kier alpha value is -2.55. The Bertz CT molecular complexity index is 665. The molecule has 3 rings (SSSR count). The van der Waals surface area contributed by atoms with Crippen molar-refractivity contribution in [3.05, 3.63) is 72.0 Å². The summed E-state index contributed by atoms with van der Waals surface area (Å²) in [5, 5.41) is 0.897. The van der Waals surface area contributed by atoms with Crippen LogP contribution in [0.1, 0.15) is 16.1 Å². The van der Waals surface area contributed by atoms with E-state index in [4.69, 9.17) is 9.15 Å². The molecule has 0 atom stereocenters. The summed E-state index contributed by atoms with van der Waals surface area (Å²) < 4.78 is 10.7. The van der Waals surface area contributed by atoms with E-state index in [1.165, 1.54) is 0 Å². The van der Waals surface area contributed by atoms with Crippen molar-refractivity contribution in [3.63, 3.8) is 0 Å². The zero-order valence-corrected chi connectivity index (χ0v) is 10.2. The second-order valence-electron chi connectivity index (χ2n) is 4.21. The van der Waals surface area contributed by atoms with Gasteiger partial charge in [0, 0.05) is 5.39 Å². The monoisotopic (exact) mass is 252 g/mol. The number of hydrogen-bond acceptors (Lipinski definition) is 3. The minimum absolute atomic E-state index is 0.233. The topological polar surface area (TPSA) is 39.4 Å². The van der Waals surface area contributed by atoms with Crippen LogP contribution in [-0.4, -0.2) is 5.97 Å². The normalized spacial score (nSPS) is 10.5. The Kier molecular flexibility index (Phi) is 3.02. The van der Waals surface area contributed by atoms with E-state index in [1.54, 1.807) is 6.07 Å². The van der Waals surface area contributed by atoms with Crippen molar-refractivity contribution in [2.45, 2.75) is 6.61 Å². The average molecular weight is 252 g/mol. The average Bonchev–Trinajstić information content (AvgIpc) is 2.90. The van der Waals surface area contributed by atoms with E-state index in [-0.39, 0.29) is 12.4 Å². The highest BCUT2D eigenvalue weighted by atomic mass is 16.5. The van der Waals surface area contributed by atoms with Gasteiger partial charge in [-0.3, -0.25) is 0 Å². The first-order valence-corrected chi connectivity index (χ1v) is 6.02. The molecule has 3 nitrogen and oxygen atoms in total. The molecule has 0 aliphatic heterocycles. The number of para-hydroxylation sites is 1. The maximum Gasteiger partial charge on any atom is 0.374 e. The molecule has 0 saturated carbocycles. The molecule has 0 unspecified atom stereocenters. The third kappa shape index (κ3) is 2.50. The van der Waals surface area contributed by atoms with Crippen molar-refractivity contribution in [1.29, 1.82) is 0 Å². The van der Waals surface area contributed by atoms with Gasteiger partial charge in [-0.05, 0) is 17.7 Å². The maximum absolute atomic E-state index is 11.9. The van der Waals surface area contributed by atoms with Crippen molar-refractivity contribution in [2.75, 3.05) is 0 Å². The summed E-state index contributed by atoms with van der Waals surface area (Å²) in [7, 11) is 0. The smallest absolute Gasteiger partial charge is 0.374 e. The van der Waals surface area contributed by atoms with E-state index in [0.29, 0.717) is 5.58 Å². The van der Waals surface area contributed by atoms with Gasteiger partial charge in [0.1, 0.15) is 12.2 Å². The summed E-state index contributed by atoms with van der Waals surface area (Å²) in [4.78, 5) is 11.9. The fourth-order valence-corrected chi connectivity index (χ4v) is 1.88. The summed E-state index contributed by atoms with van der Waals surface area (Å²) in [6, 6.07) is 18.7. The van der Waals surface area contributed by atoms with Crippen LogP contribution >= 0.6 is 0 Å². The quantitative estimate of drug-likeness (QED) is 0.666. The summed E-state index contributed by atoms with van der Waals surface area (Å²) in [6.07, 6.45) is 0. The van der Waals surface area contributed by atoms with Gasteiger partial charge >= 0.3 is 5.97 Å². The van der Waals surface area contributed by atoms with E-state index in [1.807, 2.05) is 54.6 Å². The first kappa shape index (κ1) is 11.5. The van der Waals surface area contributed by atoms with Gasteiger partial charge in [0.25, 0.3) is 0 Å². The van der Waals surface area contributed by atoms with E-state index in [2.05, 4.69) is 0 Å². The summed E-state index contributed by atoms with van der Waals surface area (Å²) in [5.41, 5.74) is 1.64. The number of rotatable bonds is 3. The number of carbonyl (C=O) groups excluding carboxylic acids is 1. The molecule has 1 heterocycles. The van der Waals surface area contributed by atoms with Crippen LogP contribution in [0.25, 0.3) is 11.0 Å². The first-order valence-electron chi connectivity index (χ1n) is 6.02. The number of carbonyl (C=O) groups is 1. The van der Waals surface area contributed by atoms with Crippen molar-refractivity contribution in [3.8, 4) is 0 Å². The molecule has 0 aliphatic rings. The highest BCUT2D eigenvalue weighted by Gasteiger charge is 2.13. The van der Waals surface area contributed by atoms with Crippen LogP contribution in [0.15, 0.2) is 65.1 Å². The minimum Gasteiger partial charge on any atom is -0.455 e. The highest BCUT2D eigenvalue weighted by Crippen LogP contribution is 2.19. The molecule has 0 saturated heterocycles. The third-order valence-electron chi connectivity index (χ3n) is 2.84. The fraction of sp³-hybridized carbons (Fsp3) is 0.0625. The molecule has 0 spiro atoms. The third-order valence-corrected chi connectivity index (χ3v) is 2.84. The molecule has 0 N–H and O–H groups in total. The van der Waals surface area contributed by atoms with E-state index < -0.39 is 5.97 Å². The van der Waals surface area contributed by atoms with E-state index in [0.717, 1.165) is 10.9 Å². The Morgan fingerprint density at radius 2 is 1.74 bits per heavy atom. The van der Waals surface area contributed by atoms with E-state index >= 15 is 0 Å². The van der Waals surface area contributed by atoms with Crippen LogP contribution in [0.4, 0.5) is 0 Å². The molecule has 0 aliphatic carbocycles. The molecule has 94 valence electrons. The SMILES string of the molecule is O=C(OCc1ccccc1)c1cc2ccccc2o1. The lowest BCUT2D eigenvalue weighted by Gasteiger charge is -2.02. The maximum atomic E-state index is 11.9. The molecule has 3 heteroatoms. The highest BCUT2D eigenvalue weighted by molar-refractivity contribution is 5.92.